The predicted molar refractivity (Wildman–Crippen MR) is 66.9 cm³/mol. The minimum absolute atomic E-state index is 0.0709. The molecular weight excluding hydrogens is 290 g/mol. The summed E-state index contributed by atoms with van der Waals surface area (Å²) in [6.45, 7) is 3.95. The topological polar surface area (TPSA) is 84.0 Å². The maximum absolute atomic E-state index is 11.4. The number of aryl methyl sites for hydroxylation is 1. The Kier molecular flexibility index (Phi) is 4.68. The Morgan fingerprint density at radius 3 is 2.76 bits per heavy atom. The van der Waals surface area contributed by atoms with Crippen molar-refractivity contribution in [2.45, 2.75) is 32.9 Å². The lowest BCUT2D eigenvalue weighted by Crippen LogP contribution is -2.34. The molecule has 0 fully saturated rings. The number of aromatic amines is 1. The van der Waals surface area contributed by atoms with Crippen LogP contribution in [0.25, 0.3) is 0 Å². The number of rotatable bonds is 4. The van der Waals surface area contributed by atoms with Gasteiger partial charge in [-0.05, 0) is 29.8 Å². The third-order valence-corrected chi connectivity index (χ3v) is 2.56. The standard InChI is InChI=1S/C10H14BrN3O3/c1-6(2)12-8(15)3-4-14-5-7(11)9(16)13-10(14)17/h5-6H,3-4H2,1-2H3,(H,12,15)(H,13,16,17). The second-order valence-corrected chi connectivity index (χ2v) is 4.76. The minimum atomic E-state index is -0.518. The van der Waals surface area contributed by atoms with Gasteiger partial charge in [0.2, 0.25) is 5.91 Å². The van der Waals surface area contributed by atoms with Crippen LogP contribution in [0.4, 0.5) is 0 Å². The summed E-state index contributed by atoms with van der Waals surface area (Å²) >= 11 is 3.02. The molecule has 0 spiro atoms. The fourth-order valence-corrected chi connectivity index (χ4v) is 1.61. The molecule has 6 nitrogen and oxygen atoms in total. The average Bonchev–Trinajstić information content (AvgIpc) is 2.20. The Morgan fingerprint density at radius 2 is 2.18 bits per heavy atom. The fraction of sp³-hybridized carbons (Fsp3) is 0.500. The molecule has 7 heteroatoms. The number of H-pyrrole nitrogens is 1. The van der Waals surface area contributed by atoms with Crippen molar-refractivity contribution in [3.8, 4) is 0 Å². The summed E-state index contributed by atoms with van der Waals surface area (Å²) in [6, 6.07) is 0.0709. The number of hydrogen-bond acceptors (Lipinski definition) is 3. The van der Waals surface area contributed by atoms with Crippen LogP contribution in [0.15, 0.2) is 20.3 Å². The van der Waals surface area contributed by atoms with Crippen molar-refractivity contribution in [2.75, 3.05) is 0 Å². The van der Waals surface area contributed by atoms with E-state index in [9.17, 15) is 14.4 Å². The molecule has 1 aromatic rings. The molecule has 1 heterocycles. The minimum Gasteiger partial charge on any atom is -0.354 e. The zero-order valence-corrected chi connectivity index (χ0v) is 11.2. The zero-order chi connectivity index (χ0) is 13.0. The van der Waals surface area contributed by atoms with E-state index in [1.165, 1.54) is 10.8 Å². The molecule has 1 amide bonds. The van der Waals surface area contributed by atoms with Gasteiger partial charge < -0.3 is 5.32 Å². The number of hydrogen-bond donors (Lipinski definition) is 2. The summed E-state index contributed by atoms with van der Waals surface area (Å²) in [7, 11) is 0. The van der Waals surface area contributed by atoms with Crippen LogP contribution in [0, 0.1) is 0 Å². The van der Waals surface area contributed by atoms with Crippen molar-refractivity contribution in [1.29, 1.82) is 0 Å². The summed E-state index contributed by atoms with van der Waals surface area (Å²) in [5, 5.41) is 2.72. The Morgan fingerprint density at radius 1 is 1.53 bits per heavy atom. The van der Waals surface area contributed by atoms with Gasteiger partial charge in [0, 0.05) is 25.2 Å². The first-order valence-corrected chi connectivity index (χ1v) is 5.98. The van der Waals surface area contributed by atoms with E-state index in [0.29, 0.717) is 0 Å². The van der Waals surface area contributed by atoms with Crippen molar-refractivity contribution in [2.24, 2.45) is 0 Å². The third-order valence-electron chi connectivity index (χ3n) is 2.00. The highest BCUT2D eigenvalue weighted by Crippen LogP contribution is 1.98. The van der Waals surface area contributed by atoms with Crippen molar-refractivity contribution in [3.63, 3.8) is 0 Å². The number of aromatic nitrogens is 2. The van der Waals surface area contributed by atoms with E-state index in [2.05, 4.69) is 26.2 Å². The van der Waals surface area contributed by atoms with E-state index in [1.54, 1.807) is 0 Å². The molecule has 0 aliphatic carbocycles. The zero-order valence-electron chi connectivity index (χ0n) is 9.62. The molecule has 0 aromatic carbocycles. The van der Waals surface area contributed by atoms with E-state index in [4.69, 9.17) is 0 Å². The Hall–Kier alpha value is -1.37. The normalized spacial score (nSPS) is 10.6. The molecule has 0 saturated carbocycles. The summed E-state index contributed by atoms with van der Waals surface area (Å²) in [4.78, 5) is 36.0. The first-order chi connectivity index (χ1) is 7.90. The number of carbonyl (C=O) groups is 1. The second-order valence-electron chi connectivity index (χ2n) is 3.90. The monoisotopic (exact) mass is 303 g/mol. The van der Waals surface area contributed by atoms with Gasteiger partial charge in [-0.25, -0.2) is 4.79 Å². The molecule has 0 unspecified atom stereocenters. The SMILES string of the molecule is CC(C)NC(=O)CCn1cc(Br)c(=O)[nH]c1=O. The maximum Gasteiger partial charge on any atom is 0.328 e. The lowest BCUT2D eigenvalue weighted by Gasteiger charge is -2.09. The van der Waals surface area contributed by atoms with Crippen LogP contribution >= 0.6 is 15.9 Å². The van der Waals surface area contributed by atoms with Gasteiger partial charge in [0.15, 0.2) is 0 Å². The van der Waals surface area contributed by atoms with Gasteiger partial charge in [0.25, 0.3) is 5.56 Å². The first kappa shape index (κ1) is 13.7. The average molecular weight is 304 g/mol. The highest BCUT2D eigenvalue weighted by Gasteiger charge is 2.06. The molecule has 94 valence electrons. The molecule has 1 rings (SSSR count). The third kappa shape index (κ3) is 4.18. The maximum atomic E-state index is 11.4. The molecular formula is C10H14BrN3O3. The summed E-state index contributed by atoms with van der Waals surface area (Å²) in [6.07, 6.45) is 1.57. The van der Waals surface area contributed by atoms with Crippen LogP contribution < -0.4 is 16.6 Å². The van der Waals surface area contributed by atoms with E-state index >= 15 is 0 Å². The van der Waals surface area contributed by atoms with Gasteiger partial charge in [0.05, 0.1) is 4.47 Å². The lowest BCUT2D eigenvalue weighted by molar-refractivity contribution is -0.121. The van der Waals surface area contributed by atoms with Gasteiger partial charge >= 0.3 is 5.69 Å². The van der Waals surface area contributed by atoms with Crippen molar-refractivity contribution >= 4 is 21.8 Å². The molecule has 0 radical (unpaired) electrons. The van der Waals surface area contributed by atoms with Gasteiger partial charge in [-0.15, -0.1) is 0 Å². The highest BCUT2D eigenvalue weighted by atomic mass is 79.9. The van der Waals surface area contributed by atoms with Crippen LogP contribution in [0.3, 0.4) is 0 Å². The van der Waals surface area contributed by atoms with Gasteiger partial charge in [-0.1, -0.05) is 0 Å². The fourth-order valence-electron chi connectivity index (χ4n) is 1.26. The largest absolute Gasteiger partial charge is 0.354 e. The van der Waals surface area contributed by atoms with E-state index in [1.807, 2.05) is 13.8 Å². The molecule has 2 N–H and O–H groups in total. The smallest absolute Gasteiger partial charge is 0.328 e. The van der Waals surface area contributed by atoms with Crippen LogP contribution in [-0.2, 0) is 11.3 Å². The second kappa shape index (κ2) is 5.81. The lowest BCUT2D eigenvalue weighted by atomic mass is 10.3. The number of nitrogens with one attached hydrogen (secondary N) is 2. The quantitative estimate of drug-likeness (QED) is 0.834. The van der Waals surface area contributed by atoms with E-state index < -0.39 is 11.2 Å². The van der Waals surface area contributed by atoms with Gasteiger partial charge in [-0.2, -0.15) is 0 Å². The highest BCUT2D eigenvalue weighted by molar-refractivity contribution is 9.10. The van der Waals surface area contributed by atoms with Gasteiger partial charge in [0.1, 0.15) is 0 Å². The van der Waals surface area contributed by atoms with Crippen molar-refractivity contribution in [3.05, 3.63) is 31.5 Å². The van der Waals surface area contributed by atoms with E-state index in [0.717, 1.165) is 0 Å². The number of halogens is 1. The molecule has 0 aliphatic heterocycles. The molecule has 17 heavy (non-hydrogen) atoms. The first-order valence-electron chi connectivity index (χ1n) is 5.18. The number of nitrogens with zero attached hydrogens (tertiary/aromatic N) is 1. The molecule has 0 atom stereocenters. The van der Waals surface area contributed by atoms with Crippen molar-refractivity contribution in [1.82, 2.24) is 14.9 Å². The molecule has 0 bridgehead atoms. The molecule has 1 aromatic heterocycles. The Bertz CT molecular complexity index is 518. The summed E-state index contributed by atoms with van der Waals surface area (Å²) in [5.41, 5.74) is -0.992. The Labute approximate surface area is 106 Å². The van der Waals surface area contributed by atoms with Gasteiger partial charge in [-0.3, -0.25) is 19.1 Å². The predicted octanol–water partition coefficient (Wildman–Crippen LogP) is 0.214. The van der Waals surface area contributed by atoms with Crippen LogP contribution in [0.1, 0.15) is 20.3 Å². The molecule has 0 aliphatic rings. The van der Waals surface area contributed by atoms with Crippen molar-refractivity contribution < 1.29 is 4.79 Å². The molecule has 0 saturated heterocycles. The number of carbonyl (C=O) groups excluding carboxylic acids is 1. The number of amides is 1. The van der Waals surface area contributed by atoms with Crippen LogP contribution in [0.2, 0.25) is 0 Å². The summed E-state index contributed by atoms with van der Waals surface area (Å²) in [5.74, 6) is -0.130. The summed E-state index contributed by atoms with van der Waals surface area (Å²) < 4.78 is 1.55. The van der Waals surface area contributed by atoms with Crippen LogP contribution in [0.5, 0.6) is 0 Å². The van der Waals surface area contributed by atoms with E-state index in [-0.39, 0.29) is 29.4 Å². The Balaban J connectivity index is 2.70. The van der Waals surface area contributed by atoms with Crippen LogP contribution in [-0.4, -0.2) is 21.5 Å².